The lowest BCUT2D eigenvalue weighted by atomic mass is 10.1. The Labute approximate surface area is 116 Å². The Morgan fingerprint density at radius 3 is 2.89 bits per heavy atom. The van der Waals surface area contributed by atoms with Gasteiger partial charge in [-0.25, -0.2) is 0 Å². The zero-order valence-corrected chi connectivity index (χ0v) is 12.2. The maximum absolute atomic E-state index is 6.01. The Morgan fingerprint density at radius 2 is 2.17 bits per heavy atom. The smallest absolute Gasteiger partial charge is 0.0494 e. The number of para-hydroxylation sites is 1. The number of rotatable bonds is 5. The molecule has 1 aromatic rings. The normalized spacial score (nSPS) is 20.3. The Kier molecular flexibility index (Phi) is 4.90. The van der Waals surface area contributed by atoms with Crippen molar-refractivity contribution in [1.29, 1.82) is 0 Å². The fraction of sp³-hybridized carbons (Fsp3) is 0.600. The fourth-order valence-electron chi connectivity index (χ4n) is 2.93. The molecule has 1 heterocycles. The van der Waals surface area contributed by atoms with E-state index >= 15 is 0 Å². The quantitative estimate of drug-likeness (QED) is 0.754. The minimum absolute atomic E-state index is 0.586. The summed E-state index contributed by atoms with van der Waals surface area (Å²) in [7, 11) is 2.18. The van der Waals surface area contributed by atoms with Gasteiger partial charge in [0.15, 0.2) is 0 Å². The molecular weight excluding hydrogens is 244 g/mol. The van der Waals surface area contributed by atoms with Crippen LogP contribution in [0.2, 0.25) is 0 Å². The molecule has 0 spiro atoms. The van der Waals surface area contributed by atoms with Crippen LogP contribution in [0, 0.1) is 0 Å². The molecule has 18 heavy (non-hydrogen) atoms. The molecule has 0 saturated carbocycles. The van der Waals surface area contributed by atoms with Crippen molar-refractivity contribution in [2.24, 2.45) is 0 Å². The van der Waals surface area contributed by atoms with Crippen LogP contribution in [0.15, 0.2) is 24.3 Å². The van der Waals surface area contributed by atoms with E-state index in [-0.39, 0.29) is 0 Å². The second-order valence-electron chi connectivity index (χ2n) is 5.07. The van der Waals surface area contributed by atoms with Gasteiger partial charge in [0.25, 0.3) is 0 Å². The predicted molar refractivity (Wildman–Crippen MR) is 79.5 cm³/mol. The molecule has 100 valence electrons. The van der Waals surface area contributed by atoms with Crippen molar-refractivity contribution >= 4 is 17.3 Å². The minimum atomic E-state index is 0.586. The van der Waals surface area contributed by atoms with E-state index in [2.05, 4.69) is 48.0 Å². The number of halogens is 1. The van der Waals surface area contributed by atoms with Gasteiger partial charge in [0.05, 0.1) is 0 Å². The zero-order chi connectivity index (χ0) is 13.0. The summed E-state index contributed by atoms with van der Waals surface area (Å²) in [6, 6.07) is 9.13. The topological polar surface area (TPSA) is 6.48 Å². The summed E-state index contributed by atoms with van der Waals surface area (Å²) in [6.45, 7) is 5.77. The molecule has 1 aliphatic heterocycles. The summed E-state index contributed by atoms with van der Waals surface area (Å²) >= 11 is 6.01. The summed E-state index contributed by atoms with van der Waals surface area (Å²) in [4.78, 5) is 4.94. The molecule has 2 nitrogen and oxygen atoms in total. The second kappa shape index (κ2) is 6.44. The number of hydrogen-bond donors (Lipinski definition) is 0. The number of hydrogen-bond acceptors (Lipinski definition) is 2. The molecule has 0 aliphatic carbocycles. The van der Waals surface area contributed by atoms with Crippen LogP contribution in [0.1, 0.15) is 25.3 Å². The van der Waals surface area contributed by atoms with Crippen LogP contribution in [0.25, 0.3) is 0 Å². The molecule has 0 radical (unpaired) electrons. The molecule has 0 N–H and O–H groups in total. The van der Waals surface area contributed by atoms with Gasteiger partial charge in [0, 0.05) is 31.2 Å². The van der Waals surface area contributed by atoms with Crippen molar-refractivity contribution in [3.8, 4) is 0 Å². The van der Waals surface area contributed by atoms with Crippen molar-refractivity contribution in [1.82, 2.24) is 4.90 Å². The minimum Gasteiger partial charge on any atom is -0.373 e. The largest absolute Gasteiger partial charge is 0.373 e. The van der Waals surface area contributed by atoms with Crippen LogP contribution < -0.4 is 4.90 Å². The van der Waals surface area contributed by atoms with Crippen LogP contribution in [0.4, 0.5) is 5.69 Å². The first-order chi connectivity index (χ1) is 8.76. The van der Waals surface area contributed by atoms with Gasteiger partial charge in [0.2, 0.25) is 0 Å². The number of benzene rings is 1. The van der Waals surface area contributed by atoms with Crippen LogP contribution in [-0.2, 0) is 5.88 Å². The van der Waals surface area contributed by atoms with E-state index in [9.17, 15) is 0 Å². The van der Waals surface area contributed by atoms with Crippen LogP contribution in [-0.4, -0.2) is 37.6 Å². The first-order valence-corrected chi connectivity index (χ1v) is 7.38. The third-order valence-electron chi connectivity index (χ3n) is 3.94. The monoisotopic (exact) mass is 266 g/mol. The average molecular weight is 267 g/mol. The maximum Gasteiger partial charge on any atom is 0.0494 e. The molecule has 0 aromatic heterocycles. The predicted octanol–water partition coefficient (Wildman–Crippen LogP) is 3.35. The zero-order valence-electron chi connectivity index (χ0n) is 11.4. The van der Waals surface area contributed by atoms with Gasteiger partial charge < -0.3 is 4.90 Å². The highest BCUT2D eigenvalue weighted by atomic mass is 35.5. The van der Waals surface area contributed by atoms with Crippen molar-refractivity contribution in [3.05, 3.63) is 29.8 Å². The van der Waals surface area contributed by atoms with E-state index in [4.69, 9.17) is 11.6 Å². The van der Waals surface area contributed by atoms with Crippen molar-refractivity contribution in [2.45, 2.75) is 31.7 Å². The lowest BCUT2D eigenvalue weighted by molar-refractivity contribution is 0.270. The molecule has 3 heteroatoms. The van der Waals surface area contributed by atoms with Gasteiger partial charge in [0.1, 0.15) is 0 Å². The first-order valence-electron chi connectivity index (χ1n) is 6.85. The van der Waals surface area contributed by atoms with E-state index in [0.717, 1.165) is 13.1 Å². The molecule has 1 aromatic carbocycles. The fourth-order valence-corrected chi connectivity index (χ4v) is 3.15. The highest BCUT2D eigenvalue weighted by Crippen LogP contribution is 2.24. The lowest BCUT2D eigenvalue weighted by Crippen LogP contribution is -2.39. The second-order valence-corrected chi connectivity index (χ2v) is 5.33. The highest BCUT2D eigenvalue weighted by molar-refractivity contribution is 6.17. The molecule has 1 fully saturated rings. The summed E-state index contributed by atoms with van der Waals surface area (Å²) in [6.07, 6.45) is 2.66. The molecule has 2 rings (SSSR count). The number of likely N-dealkylation sites (N-methyl/N-ethyl adjacent to an activating group) is 2. The van der Waals surface area contributed by atoms with Crippen LogP contribution >= 0.6 is 11.6 Å². The summed E-state index contributed by atoms with van der Waals surface area (Å²) in [5, 5.41) is 0. The number of anilines is 1. The van der Waals surface area contributed by atoms with Crippen LogP contribution in [0.3, 0.4) is 0 Å². The lowest BCUT2D eigenvalue weighted by Gasteiger charge is -2.30. The van der Waals surface area contributed by atoms with E-state index < -0.39 is 0 Å². The molecule has 1 saturated heterocycles. The number of alkyl halides is 1. The molecule has 0 bridgehead atoms. The van der Waals surface area contributed by atoms with Gasteiger partial charge in [-0.05, 0) is 37.6 Å². The summed E-state index contributed by atoms with van der Waals surface area (Å²) in [5.74, 6) is 0.586. The van der Waals surface area contributed by atoms with Gasteiger partial charge in [-0.1, -0.05) is 25.1 Å². The first kappa shape index (κ1) is 13.7. The molecule has 1 aliphatic rings. The molecule has 1 atom stereocenters. The Morgan fingerprint density at radius 1 is 1.39 bits per heavy atom. The van der Waals surface area contributed by atoms with Gasteiger partial charge in [-0.2, -0.15) is 0 Å². The van der Waals surface area contributed by atoms with E-state index in [1.807, 2.05) is 0 Å². The number of nitrogens with zero attached hydrogens (tertiary/aromatic N) is 2. The maximum atomic E-state index is 6.01. The van der Waals surface area contributed by atoms with Gasteiger partial charge in [-0.3, -0.25) is 4.90 Å². The van der Waals surface area contributed by atoms with Crippen molar-refractivity contribution in [2.75, 3.05) is 31.6 Å². The van der Waals surface area contributed by atoms with E-state index in [0.29, 0.717) is 11.9 Å². The Hall–Kier alpha value is -0.730. The Balaban J connectivity index is 2.05. The van der Waals surface area contributed by atoms with Gasteiger partial charge >= 0.3 is 0 Å². The third kappa shape index (κ3) is 2.99. The molecule has 1 unspecified atom stereocenters. The Bertz CT molecular complexity index is 381. The van der Waals surface area contributed by atoms with Crippen molar-refractivity contribution < 1.29 is 0 Å². The molecule has 0 amide bonds. The van der Waals surface area contributed by atoms with E-state index in [1.165, 1.54) is 30.6 Å². The molecular formula is C15H23ClN2. The highest BCUT2D eigenvalue weighted by Gasteiger charge is 2.24. The van der Waals surface area contributed by atoms with Crippen LogP contribution in [0.5, 0.6) is 0 Å². The summed E-state index contributed by atoms with van der Waals surface area (Å²) < 4.78 is 0. The third-order valence-corrected chi connectivity index (χ3v) is 4.22. The van der Waals surface area contributed by atoms with E-state index in [1.54, 1.807) is 0 Å². The average Bonchev–Trinajstić information content (AvgIpc) is 2.85. The SMILES string of the molecule is CCN1CCCC1CN(C)c1ccccc1CCl. The van der Waals surface area contributed by atoms with Gasteiger partial charge in [-0.15, -0.1) is 11.6 Å². The summed E-state index contributed by atoms with van der Waals surface area (Å²) in [5.41, 5.74) is 2.50. The van der Waals surface area contributed by atoms with Crippen molar-refractivity contribution in [3.63, 3.8) is 0 Å². The number of likely N-dealkylation sites (tertiary alicyclic amines) is 1. The standard InChI is InChI=1S/C15H23ClN2/c1-3-18-10-6-8-14(18)12-17(2)15-9-5-4-7-13(15)11-16/h4-5,7,9,14H,3,6,8,10-12H2,1-2H3.